The highest BCUT2D eigenvalue weighted by atomic mass is 35.5. The van der Waals surface area contributed by atoms with E-state index in [0.29, 0.717) is 17.3 Å². The first-order valence-corrected chi connectivity index (χ1v) is 12.8. The van der Waals surface area contributed by atoms with Crippen molar-refractivity contribution < 1.29 is 19.0 Å². The van der Waals surface area contributed by atoms with Crippen LogP contribution in [0.1, 0.15) is 17.5 Å². The number of benzene rings is 2. The minimum absolute atomic E-state index is 0.0631. The van der Waals surface area contributed by atoms with Crippen LogP contribution in [0.5, 0.6) is 5.75 Å². The van der Waals surface area contributed by atoms with E-state index in [9.17, 15) is 14.3 Å². The van der Waals surface area contributed by atoms with Crippen molar-refractivity contribution in [3.05, 3.63) is 70.6 Å². The van der Waals surface area contributed by atoms with E-state index in [1.165, 1.54) is 18.3 Å². The van der Waals surface area contributed by atoms with Crippen LogP contribution in [0.4, 0.5) is 26.6 Å². The van der Waals surface area contributed by atoms with Gasteiger partial charge in [-0.2, -0.15) is 4.98 Å². The Labute approximate surface area is 226 Å². The lowest BCUT2D eigenvalue weighted by atomic mass is 10.1. The van der Waals surface area contributed by atoms with E-state index in [1.807, 2.05) is 13.0 Å². The fourth-order valence-corrected chi connectivity index (χ4v) is 4.35. The lowest BCUT2D eigenvalue weighted by molar-refractivity contribution is 0.145. The number of hydrogen-bond donors (Lipinski definition) is 2. The van der Waals surface area contributed by atoms with Crippen LogP contribution in [-0.2, 0) is 6.54 Å². The molecule has 0 unspecified atom stereocenters. The van der Waals surface area contributed by atoms with Crippen molar-refractivity contribution in [1.29, 1.82) is 0 Å². The number of nitrogens with one attached hydrogen (secondary N) is 1. The van der Waals surface area contributed by atoms with E-state index >= 15 is 0 Å². The summed E-state index contributed by atoms with van der Waals surface area (Å²) < 4.78 is 20.3. The van der Waals surface area contributed by atoms with Gasteiger partial charge in [0.25, 0.3) is 0 Å². The number of aryl methyl sites for hydroxylation is 1. The highest BCUT2D eigenvalue weighted by Gasteiger charge is 2.19. The molecule has 9 nitrogen and oxygen atoms in total. The van der Waals surface area contributed by atoms with Crippen LogP contribution < -0.4 is 15.0 Å². The van der Waals surface area contributed by atoms with E-state index in [4.69, 9.17) is 16.3 Å². The van der Waals surface area contributed by atoms with Crippen molar-refractivity contribution in [3.63, 3.8) is 0 Å². The Morgan fingerprint density at radius 3 is 2.71 bits per heavy atom. The van der Waals surface area contributed by atoms with Crippen molar-refractivity contribution >= 4 is 35.1 Å². The summed E-state index contributed by atoms with van der Waals surface area (Å²) in [6, 6.07) is 11.3. The van der Waals surface area contributed by atoms with Gasteiger partial charge in [-0.25, -0.2) is 14.2 Å². The average molecular weight is 543 g/mol. The Morgan fingerprint density at radius 1 is 1.18 bits per heavy atom. The zero-order valence-electron chi connectivity index (χ0n) is 21.5. The van der Waals surface area contributed by atoms with E-state index in [1.54, 1.807) is 24.3 Å². The molecule has 0 spiro atoms. The third-order valence-electron chi connectivity index (χ3n) is 6.45. The van der Waals surface area contributed by atoms with E-state index in [2.05, 4.69) is 32.1 Å². The number of nitrogens with zero attached hydrogens (tertiary/aromatic N) is 5. The number of halogens is 2. The molecule has 1 fully saturated rings. The lowest BCUT2D eigenvalue weighted by Crippen LogP contribution is -2.44. The number of ether oxygens (including phenoxy) is 1. The molecule has 0 radical (unpaired) electrons. The van der Waals surface area contributed by atoms with Gasteiger partial charge in [0.15, 0.2) is 11.6 Å². The predicted octanol–water partition coefficient (Wildman–Crippen LogP) is 5.02. The molecule has 38 heavy (non-hydrogen) atoms. The summed E-state index contributed by atoms with van der Waals surface area (Å²) in [5, 5.41) is 13.3. The third kappa shape index (κ3) is 7.53. The number of hydrogen-bond acceptors (Lipinski definition) is 7. The molecule has 4 rings (SSSR count). The Balaban J connectivity index is 1.36. The number of amides is 1. The monoisotopic (exact) mass is 542 g/mol. The van der Waals surface area contributed by atoms with Gasteiger partial charge in [0.05, 0.1) is 13.2 Å². The maximum Gasteiger partial charge on any atom is 0.413 e. The highest BCUT2D eigenvalue weighted by molar-refractivity contribution is 6.30. The van der Waals surface area contributed by atoms with Crippen molar-refractivity contribution in [2.75, 3.05) is 56.6 Å². The van der Waals surface area contributed by atoms with E-state index in [0.717, 1.165) is 55.2 Å². The zero-order chi connectivity index (χ0) is 27.1. The standard InChI is InChI=1S/C27H32ClFN6O3/c1-19-4-5-21(28)16-20(19)18-35(27(36)37)25-8-9-30-26(32-25)31-22-6-7-24(23(29)17-22)38-15-3-10-34-13-11-33(2)12-14-34/h4-9,16-17H,3,10-15,18H2,1-2H3,(H,36,37)(H,30,31,32). The minimum atomic E-state index is -1.17. The van der Waals surface area contributed by atoms with E-state index < -0.39 is 11.9 Å². The summed E-state index contributed by atoms with van der Waals surface area (Å²) in [5.41, 5.74) is 2.08. The Kier molecular flexibility index (Phi) is 9.33. The summed E-state index contributed by atoms with van der Waals surface area (Å²) in [6.45, 7) is 7.50. The van der Waals surface area contributed by atoms with Crippen LogP contribution in [0, 0.1) is 12.7 Å². The van der Waals surface area contributed by atoms with Gasteiger partial charge in [0.1, 0.15) is 5.82 Å². The van der Waals surface area contributed by atoms with Crippen LogP contribution in [0.3, 0.4) is 0 Å². The third-order valence-corrected chi connectivity index (χ3v) is 6.68. The van der Waals surface area contributed by atoms with Crippen LogP contribution in [0.2, 0.25) is 5.02 Å². The quantitative estimate of drug-likeness (QED) is 0.345. The van der Waals surface area contributed by atoms with Gasteiger partial charge in [0, 0.05) is 55.7 Å². The molecule has 1 aliphatic rings. The maximum atomic E-state index is 14.7. The van der Waals surface area contributed by atoms with Gasteiger partial charge >= 0.3 is 6.09 Å². The molecule has 0 bridgehead atoms. The van der Waals surface area contributed by atoms with Gasteiger partial charge in [0.2, 0.25) is 5.95 Å². The van der Waals surface area contributed by atoms with Crippen LogP contribution in [0.15, 0.2) is 48.7 Å². The SMILES string of the molecule is Cc1ccc(Cl)cc1CN(C(=O)O)c1ccnc(Nc2ccc(OCCCN3CCN(C)CC3)c(F)c2)n1. The van der Waals surface area contributed by atoms with Crippen molar-refractivity contribution in [2.24, 2.45) is 0 Å². The fourth-order valence-electron chi connectivity index (χ4n) is 4.15. The number of anilines is 3. The molecule has 1 amide bonds. The summed E-state index contributed by atoms with van der Waals surface area (Å²) in [7, 11) is 2.12. The largest absolute Gasteiger partial charge is 0.490 e. The molecule has 202 valence electrons. The second-order valence-electron chi connectivity index (χ2n) is 9.30. The van der Waals surface area contributed by atoms with Gasteiger partial charge in [-0.1, -0.05) is 17.7 Å². The average Bonchev–Trinajstić information content (AvgIpc) is 2.89. The topological polar surface area (TPSA) is 94.1 Å². The normalized spacial score (nSPS) is 14.3. The second-order valence-corrected chi connectivity index (χ2v) is 9.73. The second kappa shape index (κ2) is 12.9. The molecule has 0 atom stereocenters. The molecular formula is C27H32ClFN6O3. The molecule has 0 saturated carbocycles. The molecule has 2 heterocycles. The summed E-state index contributed by atoms with van der Waals surface area (Å²) in [5.74, 6) is -0.0150. The smallest absolute Gasteiger partial charge is 0.413 e. The Hall–Kier alpha value is -3.47. The fraction of sp³-hybridized carbons (Fsp3) is 0.370. The van der Waals surface area contributed by atoms with Crippen molar-refractivity contribution in [3.8, 4) is 5.75 Å². The first-order chi connectivity index (χ1) is 18.3. The Bertz CT molecular complexity index is 1260. The molecule has 1 aliphatic heterocycles. The van der Waals surface area contributed by atoms with Crippen molar-refractivity contribution in [2.45, 2.75) is 19.9 Å². The number of carboxylic acid groups (broad SMARTS) is 1. The lowest BCUT2D eigenvalue weighted by Gasteiger charge is -2.32. The van der Waals surface area contributed by atoms with Crippen LogP contribution >= 0.6 is 11.6 Å². The van der Waals surface area contributed by atoms with Gasteiger partial charge in [-0.15, -0.1) is 0 Å². The van der Waals surface area contributed by atoms with Gasteiger partial charge < -0.3 is 25.0 Å². The number of aromatic nitrogens is 2. The predicted molar refractivity (Wildman–Crippen MR) is 146 cm³/mol. The summed E-state index contributed by atoms with van der Waals surface area (Å²) >= 11 is 6.09. The number of carbonyl (C=O) groups is 1. The first-order valence-electron chi connectivity index (χ1n) is 12.5. The number of piperazine rings is 1. The van der Waals surface area contributed by atoms with Crippen molar-refractivity contribution in [1.82, 2.24) is 19.8 Å². The molecular weight excluding hydrogens is 511 g/mol. The minimum Gasteiger partial charge on any atom is -0.490 e. The van der Waals surface area contributed by atoms with E-state index in [-0.39, 0.29) is 24.1 Å². The molecule has 1 aromatic heterocycles. The first kappa shape index (κ1) is 27.6. The van der Waals surface area contributed by atoms with Crippen LogP contribution in [-0.4, -0.2) is 77.3 Å². The molecule has 3 aromatic rings. The molecule has 11 heteroatoms. The van der Waals surface area contributed by atoms with Crippen LogP contribution in [0.25, 0.3) is 0 Å². The summed E-state index contributed by atoms with van der Waals surface area (Å²) in [4.78, 5) is 26.3. The molecule has 2 N–H and O–H groups in total. The maximum absolute atomic E-state index is 14.7. The molecule has 1 saturated heterocycles. The number of rotatable bonds is 10. The van der Waals surface area contributed by atoms with Gasteiger partial charge in [-0.3, -0.25) is 4.90 Å². The van der Waals surface area contributed by atoms with Gasteiger partial charge in [-0.05, 0) is 61.9 Å². The number of likely N-dealkylation sites (N-methyl/N-ethyl adjacent to an activating group) is 1. The Morgan fingerprint density at radius 2 is 1.97 bits per heavy atom. The zero-order valence-corrected chi connectivity index (χ0v) is 22.3. The summed E-state index contributed by atoms with van der Waals surface area (Å²) in [6.07, 6.45) is 1.09. The molecule has 2 aromatic carbocycles. The highest BCUT2D eigenvalue weighted by Crippen LogP contribution is 2.25. The molecule has 0 aliphatic carbocycles.